The molecule has 0 radical (unpaired) electrons. The van der Waals surface area contributed by atoms with E-state index >= 15 is 0 Å². The molecule has 7 N–H and O–H groups in total. The van der Waals surface area contributed by atoms with Crippen molar-refractivity contribution >= 4 is 23.1 Å². The number of anilines is 4. The molecule has 0 bridgehead atoms. The number of aliphatic hydroxyl groups is 2. The van der Waals surface area contributed by atoms with Crippen LogP contribution < -0.4 is 26.6 Å². The van der Waals surface area contributed by atoms with Crippen LogP contribution in [0.25, 0.3) is 0 Å². The van der Waals surface area contributed by atoms with Crippen LogP contribution in [-0.2, 0) is 9.47 Å². The first-order chi connectivity index (χ1) is 15.6. The number of pyridine rings is 2. The molecular formula is C20H27N7O5. The number of hydrogen-bond donors (Lipinski definition) is 6. The molecule has 0 spiro atoms. The van der Waals surface area contributed by atoms with Crippen molar-refractivity contribution in [2.75, 3.05) is 55.7 Å². The second-order valence-corrected chi connectivity index (χ2v) is 6.91. The SMILES string of the molecule is N#Cc1ccc(Nc2nc(NC3COCCC3O)c(OCCOCCO)cc2NN)nc1. The highest BCUT2D eigenvalue weighted by Gasteiger charge is 2.26. The van der Waals surface area contributed by atoms with Gasteiger partial charge in [0.05, 0.1) is 49.8 Å². The first-order valence-corrected chi connectivity index (χ1v) is 10.1. The summed E-state index contributed by atoms with van der Waals surface area (Å²) in [5.41, 5.74) is 3.45. The lowest BCUT2D eigenvalue weighted by Gasteiger charge is -2.29. The summed E-state index contributed by atoms with van der Waals surface area (Å²) < 4.78 is 16.5. The molecule has 0 saturated carbocycles. The standard InChI is InChI=1S/C20H27N7O5/c21-10-13-1-2-18(23-11-13)25-19-14(27-22)9-17(32-8-7-30-6-4-28)20(26-19)24-15-12-31-5-3-16(15)29/h1-2,9,11,15-16,27-29H,3-8,12,22H2,(H2,23,24,25,26). The van der Waals surface area contributed by atoms with Crippen LogP contribution in [0.15, 0.2) is 24.4 Å². The van der Waals surface area contributed by atoms with E-state index in [4.69, 9.17) is 30.4 Å². The van der Waals surface area contributed by atoms with Gasteiger partial charge in [-0.15, -0.1) is 0 Å². The van der Waals surface area contributed by atoms with Gasteiger partial charge in [-0.2, -0.15) is 5.26 Å². The minimum absolute atomic E-state index is 0.0705. The Labute approximate surface area is 185 Å². The van der Waals surface area contributed by atoms with Crippen LogP contribution in [0.3, 0.4) is 0 Å². The van der Waals surface area contributed by atoms with Crippen LogP contribution in [-0.4, -0.2) is 72.0 Å². The zero-order valence-corrected chi connectivity index (χ0v) is 17.5. The Morgan fingerprint density at radius 1 is 1.28 bits per heavy atom. The van der Waals surface area contributed by atoms with E-state index in [2.05, 4.69) is 26.0 Å². The van der Waals surface area contributed by atoms with Gasteiger partial charge >= 0.3 is 0 Å². The summed E-state index contributed by atoms with van der Waals surface area (Å²) in [6.45, 7) is 1.45. The molecule has 12 nitrogen and oxygen atoms in total. The van der Waals surface area contributed by atoms with Gasteiger partial charge in [-0.3, -0.25) is 5.84 Å². The van der Waals surface area contributed by atoms with E-state index in [1.165, 1.54) is 6.20 Å². The van der Waals surface area contributed by atoms with Crippen LogP contribution >= 0.6 is 0 Å². The highest BCUT2D eigenvalue weighted by molar-refractivity contribution is 5.75. The number of aliphatic hydroxyl groups excluding tert-OH is 2. The summed E-state index contributed by atoms with van der Waals surface area (Å²) in [6, 6.07) is 6.57. The molecule has 1 aliphatic heterocycles. The van der Waals surface area contributed by atoms with Gasteiger partial charge in [-0.05, 0) is 18.6 Å². The van der Waals surface area contributed by atoms with Crippen molar-refractivity contribution in [1.29, 1.82) is 5.26 Å². The third kappa shape index (κ3) is 6.39. The number of nitrogen functional groups attached to an aromatic ring is 1. The monoisotopic (exact) mass is 445 g/mol. The van der Waals surface area contributed by atoms with Gasteiger partial charge in [0.1, 0.15) is 18.5 Å². The normalized spacial score (nSPS) is 17.9. The highest BCUT2D eigenvalue weighted by Crippen LogP contribution is 2.33. The second-order valence-electron chi connectivity index (χ2n) is 6.91. The lowest BCUT2D eigenvalue weighted by molar-refractivity contribution is 0.00295. The largest absolute Gasteiger partial charge is 0.487 e. The molecule has 2 unspecified atom stereocenters. The fourth-order valence-corrected chi connectivity index (χ4v) is 2.99. The number of hydrazine groups is 1. The molecule has 2 atom stereocenters. The van der Waals surface area contributed by atoms with Gasteiger partial charge in [0.2, 0.25) is 0 Å². The molecule has 172 valence electrons. The van der Waals surface area contributed by atoms with Crippen LogP contribution in [0.2, 0.25) is 0 Å². The lowest BCUT2D eigenvalue weighted by Crippen LogP contribution is -2.42. The maximum atomic E-state index is 10.3. The van der Waals surface area contributed by atoms with E-state index in [0.717, 1.165) is 0 Å². The molecule has 0 aliphatic carbocycles. The van der Waals surface area contributed by atoms with E-state index in [1.54, 1.807) is 18.2 Å². The molecule has 3 heterocycles. The van der Waals surface area contributed by atoms with Crippen molar-refractivity contribution in [1.82, 2.24) is 9.97 Å². The zero-order chi connectivity index (χ0) is 22.8. The maximum Gasteiger partial charge on any atom is 0.171 e. The Morgan fingerprint density at radius 3 is 2.84 bits per heavy atom. The molecular weight excluding hydrogens is 418 g/mol. The average molecular weight is 445 g/mol. The Balaban J connectivity index is 1.84. The first kappa shape index (κ1) is 23.5. The first-order valence-electron chi connectivity index (χ1n) is 10.1. The average Bonchev–Trinajstić information content (AvgIpc) is 2.82. The van der Waals surface area contributed by atoms with Crippen LogP contribution in [0, 0.1) is 11.3 Å². The minimum atomic E-state index is -0.602. The van der Waals surface area contributed by atoms with Crippen LogP contribution in [0.4, 0.5) is 23.1 Å². The van der Waals surface area contributed by atoms with Gasteiger partial charge in [0.15, 0.2) is 17.4 Å². The van der Waals surface area contributed by atoms with Gasteiger partial charge in [0, 0.05) is 18.9 Å². The number of aromatic nitrogens is 2. The maximum absolute atomic E-state index is 10.3. The molecule has 0 aromatic carbocycles. The van der Waals surface area contributed by atoms with Crippen molar-refractivity contribution in [3.05, 3.63) is 30.0 Å². The van der Waals surface area contributed by atoms with Crippen molar-refractivity contribution in [3.63, 3.8) is 0 Å². The summed E-state index contributed by atoms with van der Waals surface area (Å²) in [4.78, 5) is 8.77. The number of ether oxygens (including phenoxy) is 3. The van der Waals surface area contributed by atoms with Gasteiger partial charge in [-0.1, -0.05) is 0 Å². The van der Waals surface area contributed by atoms with Crippen molar-refractivity contribution in [3.8, 4) is 11.8 Å². The van der Waals surface area contributed by atoms with Crippen molar-refractivity contribution < 1.29 is 24.4 Å². The van der Waals surface area contributed by atoms with Gasteiger partial charge in [0.25, 0.3) is 0 Å². The van der Waals surface area contributed by atoms with Crippen molar-refractivity contribution in [2.24, 2.45) is 5.84 Å². The summed E-state index contributed by atoms with van der Waals surface area (Å²) in [5, 5.41) is 34.3. The summed E-state index contributed by atoms with van der Waals surface area (Å²) in [6.07, 6.45) is 1.34. The molecule has 1 saturated heterocycles. The van der Waals surface area contributed by atoms with E-state index in [0.29, 0.717) is 54.1 Å². The Morgan fingerprint density at radius 2 is 2.16 bits per heavy atom. The molecule has 3 rings (SSSR count). The predicted molar refractivity (Wildman–Crippen MR) is 117 cm³/mol. The predicted octanol–water partition coefficient (Wildman–Crippen LogP) is 0.327. The minimum Gasteiger partial charge on any atom is -0.487 e. The second kappa shape index (κ2) is 12.0. The number of rotatable bonds is 11. The van der Waals surface area contributed by atoms with Gasteiger partial charge < -0.3 is 40.5 Å². The summed E-state index contributed by atoms with van der Waals surface area (Å²) >= 11 is 0. The lowest BCUT2D eigenvalue weighted by atomic mass is 10.1. The Bertz CT molecular complexity index is 906. The highest BCUT2D eigenvalue weighted by atomic mass is 16.5. The summed E-state index contributed by atoms with van der Waals surface area (Å²) in [5.74, 6) is 7.28. The fraction of sp³-hybridized carbons (Fsp3) is 0.450. The number of nitrogens with one attached hydrogen (secondary N) is 3. The number of nitrogens with two attached hydrogens (primary N) is 1. The zero-order valence-electron chi connectivity index (χ0n) is 17.5. The number of nitrogens with zero attached hydrogens (tertiary/aromatic N) is 3. The van der Waals surface area contributed by atoms with E-state index in [1.807, 2.05) is 6.07 Å². The molecule has 12 heteroatoms. The Hall–Kier alpha value is -3.21. The number of hydrogen-bond acceptors (Lipinski definition) is 12. The molecule has 2 aromatic heterocycles. The molecule has 1 fully saturated rings. The fourth-order valence-electron chi connectivity index (χ4n) is 2.99. The topological polar surface area (TPSA) is 180 Å². The molecule has 1 aliphatic rings. The molecule has 0 amide bonds. The van der Waals surface area contributed by atoms with E-state index in [-0.39, 0.29) is 32.5 Å². The smallest absolute Gasteiger partial charge is 0.171 e. The third-order valence-corrected chi connectivity index (χ3v) is 4.64. The van der Waals surface area contributed by atoms with Crippen molar-refractivity contribution in [2.45, 2.75) is 18.6 Å². The van der Waals surface area contributed by atoms with E-state index < -0.39 is 6.10 Å². The molecule has 32 heavy (non-hydrogen) atoms. The van der Waals surface area contributed by atoms with Crippen LogP contribution in [0.5, 0.6) is 5.75 Å². The quantitative estimate of drug-likeness (QED) is 0.159. The van der Waals surface area contributed by atoms with E-state index in [9.17, 15) is 5.11 Å². The van der Waals surface area contributed by atoms with Crippen LogP contribution in [0.1, 0.15) is 12.0 Å². The third-order valence-electron chi connectivity index (χ3n) is 4.64. The summed E-state index contributed by atoms with van der Waals surface area (Å²) in [7, 11) is 0. The Kier molecular flexibility index (Phi) is 8.79. The van der Waals surface area contributed by atoms with Gasteiger partial charge in [-0.25, -0.2) is 9.97 Å². The number of nitriles is 1. The molecule has 2 aromatic rings.